The molecule has 0 atom stereocenters. The van der Waals surface area contributed by atoms with Crippen LogP contribution in [0, 0.1) is 5.82 Å². The number of hydrogen-bond donors (Lipinski definition) is 0. The maximum absolute atomic E-state index is 12.8. The number of benzene rings is 2. The van der Waals surface area contributed by atoms with Crippen LogP contribution < -0.4 is 0 Å². The molecule has 0 saturated heterocycles. The van der Waals surface area contributed by atoms with E-state index in [0.29, 0.717) is 17.1 Å². The molecule has 20 heavy (non-hydrogen) atoms. The van der Waals surface area contributed by atoms with Crippen molar-refractivity contribution in [1.82, 2.24) is 5.16 Å². The molecule has 1 aromatic heterocycles. The van der Waals surface area contributed by atoms with Crippen molar-refractivity contribution in [2.45, 2.75) is 0 Å². The fourth-order valence-corrected chi connectivity index (χ4v) is 1.76. The standard InChI is InChI=1S/C16H11FN2O/c17-13-6-8-14(9-7-13)18-11-15-10-16(20-19-15)12-4-2-1-3-5-12/h1-11H. The lowest BCUT2D eigenvalue weighted by atomic mass is 10.2. The van der Waals surface area contributed by atoms with E-state index in [1.165, 1.54) is 12.1 Å². The Morgan fingerprint density at radius 1 is 1.00 bits per heavy atom. The first-order valence-corrected chi connectivity index (χ1v) is 6.13. The van der Waals surface area contributed by atoms with Gasteiger partial charge in [0.25, 0.3) is 0 Å². The first-order valence-electron chi connectivity index (χ1n) is 6.13. The second kappa shape index (κ2) is 5.48. The molecule has 1 heterocycles. The normalized spacial score (nSPS) is 11.1. The van der Waals surface area contributed by atoms with Gasteiger partial charge in [-0.05, 0) is 24.3 Å². The Bertz CT molecular complexity index is 718. The Hall–Kier alpha value is -2.75. The van der Waals surface area contributed by atoms with Crippen molar-refractivity contribution in [3.05, 3.63) is 72.2 Å². The fraction of sp³-hybridized carbons (Fsp3) is 0. The molecule has 98 valence electrons. The smallest absolute Gasteiger partial charge is 0.167 e. The van der Waals surface area contributed by atoms with Crippen LogP contribution in [0.4, 0.5) is 10.1 Å². The minimum atomic E-state index is -0.281. The van der Waals surface area contributed by atoms with Crippen molar-refractivity contribution in [2.24, 2.45) is 4.99 Å². The fourth-order valence-electron chi connectivity index (χ4n) is 1.76. The molecule has 0 N–H and O–H groups in total. The van der Waals surface area contributed by atoms with Crippen molar-refractivity contribution >= 4 is 11.9 Å². The Balaban J connectivity index is 1.79. The molecule has 3 rings (SSSR count). The summed E-state index contributed by atoms with van der Waals surface area (Å²) < 4.78 is 18.0. The average Bonchev–Trinajstić information content (AvgIpc) is 2.97. The molecule has 0 fully saturated rings. The predicted molar refractivity (Wildman–Crippen MR) is 75.6 cm³/mol. The number of nitrogens with zero attached hydrogens (tertiary/aromatic N) is 2. The molecule has 4 heteroatoms. The Morgan fingerprint density at radius 2 is 1.75 bits per heavy atom. The van der Waals surface area contributed by atoms with Crippen LogP contribution in [0.5, 0.6) is 0 Å². The van der Waals surface area contributed by atoms with Crippen molar-refractivity contribution in [3.63, 3.8) is 0 Å². The highest BCUT2D eigenvalue weighted by Crippen LogP contribution is 2.19. The topological polar surface area (TPSA) is 38.4 Å². The zero-order chi connectivity index (χ0) is 13.8. The largest absolute Gasteiger partial charge is 0.356 e. The highest BCUT2D eigenvalue weighted by molar-refractivity contribution is 5.81. The quantitative estimate of drug-likeness (QED) is 0.665. The number of rotatable bonds is 3. The van der Waals surface area contributed by atoms with Gasteiger partial charge in [0.15, 0.2) is 5.76 Å². The second-order valence-electron chi connectivity index (χ2n) is 4.22. The zero-order valence-corrected chi connectivity index (χ0v) is 10.5. The molecule has 0 aliphatic carbocycles. The maximum Gasteiger partial charge on any atom is 0.167 e. The third kappa shape index (κ3) is 2.80. The summed E-state index contributed by atoms with van der Waals surface area (Å²) in [7, 11) is 0. The monoisotopic (exact) mass is 266 g/mol. The molecule has 0 unspecified atom stereocenters. The van der Waals surface area contributed by atoms with Gasteiger partial charge in [-0.15, -0.1) is 0 Å². The van der Waals surface area contributed by atoms with E-state index in [1.807, 2.05) is 36.4 Å². The third-order valence-corrected chi connectivity index (χ3v) is 2.76. The van der Waals surface area contributed by atoms with Gasteiger partial charge in [-0.1, -0.05) is 35.5 Å². The van der Waals surface area contributed by atoms with E-state index < -0.39 is 0 Å². The molecule has 0 aliphatic heterocycles. The predicted octanol–water partition coefficient (Wildman–Crippen LogP) is 4.23. The van der Waals surface area contributed by atoms with Gasteiger partial charge in [-0.25, -0.2) is 4.39 Å². The summed E-state index contributed by atoms with van der Waals surface area (Å²) in [4.78, 5) is 4.21. The van der Waals surface area contributed by atoms with Crippen molar-refractivity contribution in [3.8, 4) is 11.3 Å². The summed E-state index contributed by atoms with van der Waals surface area (Å²) in [5, 5.41) is 3.93. The first kappa shape index (κ1) is 12.3. The first-order chi connectivity index (χ1) is 9.81. The molecule has 0 saturated carbocycles. The van der Waals surface area contributed by atoms with Crippen molar-refractivity contribution in [2.75, 3.05) is 0 Å². The highest BCUT2D eigenvalue weighted by Gasteiger charge is 2.04. The average molecular weight is 266 g/mol. The molecular weight excluding hydrogens is 255 g/mol. The minimum absolute atomic E-state index is 0.281. The number of aromatic nitrogens is 1. The van der Waals surface area contributed by atoms with Crippen LogP contribution >= 0.6 is 0 Å². The Kier molecular flexibility index (Phi) is 3.37. The van der Waals surface area contributed by atoms with Crippen LogP contribution in [0.25, 0.3) is 11.3 Å². The summed E-state index contributed by atoms with van der Waals surface area (Å²) in [6.45, 7) is 0. The van der Waals surface area contributed by atoms with Gasteiger partial charge < -0.3 is 4.52 Å². The van der Waals surface area contributed by atoms with Crippen LogP contribution in [0.3, 0.4) is 0 Å². The lowest BCUT2D eigenvalue weighted by Crippen LogP contribution is -1.78. The van der Waals surface area contributed by atoms with Crippen molar-refractivity contribution in [1.29, 1.82) is 0 Å². The van der Waals surface area contributed by atoms with Crippen LogP contribution in [0.2, 0.25) is 0 Å². The summed E-state index contributed by atoms with van der Waals surface area (Å²) in [6.07, 6.45) is 1.59. The highest BCUT2D eigenvalue weighted by atomic mass is 19.1. The minimum Gasteiger partial charge on any atom is -0.356 e. The molecule has 0 amide bonds. The summed E-state index contributed by atoms with van der Waals surface area (Å²) >= 11 is 0. The number of aliphatic imine (C=N–C) groups is 1. The number of hydrogen-bond acceptors (Lipinski definition) is 3. The Morgan fingerprint density at radius 3 is 2.50 bits per heavy atom. The molecular formula is C16H11FN2O. The summed E-state index contributed by atoms with van der Waals surface area (Å²) in [5.74, 6) is 0.405. The summed E-state index contributed by atoms with van der Waals surface area (Å²) in [6, 6.07) is 17.4. The van der Waals surface area contributed by atoms with Gasteiger partial charge in [-0.3, -0.25) is 4.99 Å². The lowest BCUT2D eigenvalue weighted by Gasteiger charge is -1.91. The van der Waals surface area contributed by atoms with Gasteiger partial charge in [-0.2, -0.15) is 0 Å². The van der Waals surface area contributed by atoms with E-state index in [9.17, 15) is 4.39 Å². The van der Waals surface area contributed by atoms with E-state index in [1.54, 1.807) is 18.3 Å². The molecule has 0 spiro atoms. The SMILES string of the molecule is Fc1ccc(N=Cc2cc(-c3ccccc3)on2)cc1. The van der Waals surface area contributed by atoms with Crippen LogP contribution in [-0.2, 0) is 0 Å². The Labute approximate surface area is 115 Å². The number of halogens is 1. The van der Waals surface area contributed by atoms with Crippen LogP contribution in [-0.4, -0.2) is 11.4 Å². The van der Waals surface area contributed by atoms with Gasteiger partial charge in [0.1, 0.15) is 11.5 Å². The van der Waals surface area contributed by atoms with E-state index in [4.69, 9.17) is 4.52 Å². The van der Waals surface area contributed by atoms with Gasteiger partial charge in [0.05, 0.1) is 11.9 Å². The van der Waals surface area contributed by atoms with Gasteiger partial charge >= 0.3 is 0 Å². The van der Waals surface area contributed by atoms with Crippen LogP contribution in [0.1, 0.15) is 5.69 Å². The third-order valence-electron chi connectivity index (χ3n) is 2.76. The lowest BCUT2D eigenvalue weighted by molar-refractivity contribution is 0.431. The molecule has 3 nitrogen and oxygen atoms in total. The van der Waals surface area contributed by atoms with Gasteiger partial charge in [0.2, 0.25) is 0 Å². The molecule has 3 aromatic rings. The van der Waals surface area contributed by atoms with E-state index >= 15 is 0 Å². The van der Waals surface area contributed by atoms with E-state index in [-0.39, 0.29) is 5.82 Å². The molecule has 0 bridgehead atoms. The molecule has 0 aliphatic rings. The van der Waals surface area contributed by atoms with Gasteiger partial charge in [0, 0.05) is 11.6 Å². The summed E-state index contributed by atoms with van der Waals surface area (Å²) in [5.41, 5.74) is 2.24. The van der Waals surface area contributed by atoms with Crippen LogP contribution in [0.15, 0.2) is 70.2 Å². The van der Waals surface area contributed by atoms with Crippen molar-refractivity contribution < 1.29 is 8.91 Å². The molecule has 0 radical (unpaired) electrons. The second-order valence-corrected chi connectivity index (χ2v) is 4.22. The molecule has 2 aromatic carbocycles. The maximum atomic E-state index is 12.8. The van der Waals surface area contributed by atoms with E-state index in [0.717, 1.165) is 5.56 Å². The van der Waals surface area contributed by atoms with E-state index in [2.05, 4.69) is 10.1 Å². The zero-order valence-electron chi connectivity index (χ0n) is 10.5.